The highest BCUT2D eigenvalue weighted by atomic mass is 79.9. The molecule has 0 aliphatic heterocycles. The number of benzene rings is 1. The number of carboxylic acids is 1. The third-order valence-corrected chi connectivity index (χ3v) is 3.17. The molecule has 1 amide bonds. The van der Waals surface area contributed by atoms with E-state index in [4.69, 9.17) is 9.84 Å². The summed E-state index contributed by atoms with van der Waals surface area (Å²) in [6.07, 6.45) is 0. The third-order valence-electron chi connectivity index (χ3n) is 2.36. The van der Waals surface area contributed by atoms with Gasteiger partial charge in [-0.25, -0.2) is 4.39 Å². The minimum atomic E-state index is -1.14. The van der Waals surface area contributed by atoms with Crippen molar-refractivity contribution in [3.05, 3.63) is 34.1 Å². The predicted molar refractivity (Wildman–Crippen MR) is 69.5 cm³/mol. The number of halogens is 2. The molecule has 0 aliphatic carbocycles. The first-order valence-electron chi connectivity index (χ1n) is 5.41. The van der Waals surface area contributed by atoms with E-state index in [-0.39, 0.29) is 23.2 Å². The van der Waals surface area contributed by atoms with E-state index in [0.29, 0.717) is 0 Å². The number of hydrogen-bond acceptors (Lipinski definition) is 3. The van der Waals surface area contributed by atoms with E-state index in [1.807, 2.05) is 0 Å². The van der Waals surface area contributed by atoms with E-state index < -0.39 is 24.2 Å². The zero-order valence-electron chi connectivity index (χ0n) is 10.2. The van der Waals surface area contributed by atoms with Crippen molar-refractivity contribution >= 4 is 27.8 Å². The lowest BCUT2D eigenvalue weighted by molar-refractivity contribution is -0.137. The average Bonchev–Trinajstić information content (AvgIpc) is 2.36. The zero-order chi connectivity index (χ0) is 14.4. The largest absolute Gasteiger partial charge is 0.480 e. The Morgan fingerprint density at radius 3 is 2.74 bits per heavy atom. The van der Waals surface area contributed by atoms with E-state index >= 15 is 0 Å². The molecular weight excluding hydrogens is 321 g/mol. The average molecular weight is 334 g/mol. The van der Waals surface area contributed by atoms with Crippen molar-refractivity contribution in [1.29, 1.82) is 0 Å². The molecule has 0 heterocycles. The van der Waals surface area contributed by atoms with Gasteiger partial charge in [0.15, 0.2) is 0 Å². The van der Waals surface area contributed by atoms with Crippen molar-refractivity contribution in [3.63, 3.8) is 0 Å². The number of hydrogen-bond donors (Lipinski definition) is 1. The van der Waals surface area contributed by atoms with Crippen molar-refractivity contribution in [3.8, 4) is 0 Å². The Kier molecular flexibility index (Phi) is 5.91. The van der Waals surface area contributed by atoms with Gasteiger partial charge >= 0.3 is 5.97 Å². The van der Waals surface area contributed by atoms with Crippen LogP contribution in [0.15, 0.2) is 22.7 Å². The molecule has 1 rings (SSSR count). The molecule has 0 spiro atoms. The Bertz CT molecular complexity index is 481. The van der Waals surface area contributed by atoms with Gasteiger partial charge in [-0.2, -0.15) is 0 Å². The lowest BCUT2D eigenvalue weighted by Crippen LogP contribution is -2.38. The van der Waals surface area contributed by atoms with E-state index in [0.717, 1.165) is 4.90 Å². The topological polar surface area (TPSA) is 66.8 Å². The molecule has 1 N–H and O–H groups in total. The number of nitrogens with zero attached hydrogens (tertiary/aromatic N) is 1. The van der Waals surface area contributed by atoms with E-state index in [9.17, 15) is 14.0 Å². The minimum absolute atomic E-state index is 0.0211. The summed E-state index contributed by atoms with van der Waals surface area (Å²) in [6.45, 7) is -0.151. The van der Waals surface area contributed by atoms with Gasteiger partial charge in [0.05, 0.1) is 16.6 Å². The maximum Gasteiger partial charge on any atom is 0.323 e. The molecule has 7 heteroatoms. The summed E-state index contributed by atoms with van der Waals surface area (Å²) in [5.74, 6) is -2.28. The number of carbonyl (C=O) groups excluding carboxylic acids is 1. The molecule has 0 aromatic heterocycles. The van der Waals surface area contributed by atoms with Crippen molar-refractivity contribution in [2.24, 2.45) is 0 Å². The van der Waals surface area contributed by atoms with Crippen LogP contribution in [0.2, 0.25) is 0 Å². The summed E-state index contributed by atoms with van der Waals surface area (Å²) >= 11 is 2.98. The number of amides is 1. The standard InChI is InChI=1S/C12H13BrFNO4/c1-19-6-5-15(7-10(16)17)12(18)8-3-2-4-9(14)11(8)13/h2-4H,5-7H2,1H3,(H,16,17). The van der Waals surface area contributed by atoms with Gasteiger partial charge in [0, 0.05) is 13.7 Å². The fourth-order valence-corrected chi connectivity index (χ4v) is 1.89. The first kappa shape index (κ1) is 15.6. The normalized spacial score (nSPS) is 10.3. The molecular formula is C12H13BrFNO4. The van der Waals surface area contributed by atoms with E-state index in [2.05, 4.69) is 15.9 Å². The lowest BCUT2D eigenvalue weighted by Gasteiger charge is -2.21. The SMILES string of the molecule is COCCN(CC(=O)O)C(=O)c1cccc(F)c1Br. The fourth-order valence-electron chi connectivity index (χ4n) is 1.46. The van der Waals surface area contributed by atoms with Crippen molar-refractivity contribution in [2.45, 2.75) is 0 Å². The van der Waals surface area contributed by atoms with Crippen LogP contribution >= 0.6 is 15.9 Å². The second-order valence-corrected chi connectivity index (χ2v) is 4.51. The van der Waals surface area contributed by atoms with Gasteiger partial charge in [0.1, 0.15) is 12.4 Å². The first-order chi connectivity index (χ1) is 8.97. The van der Waals surface area contributed by atoms with Crippen LogP contribution in [0.25, 0.3) is 0 Å². The Labute approximate surface area is 118 Å². The van der Waals surface area contributed by atoms with Crippen molar-refractivity contribution in [2.75, 3.05) is 26.8 Å². The van der Waals surface area contributed by atoms with Gasteiger partial charge in [0.2, 0.25) is 0 Å². The van der Waals surface area contributed by atoms with Crippen molar-refractivity contribution in [1.82, 2.24) is 4.90 Å². The molecule has 0 atom stereocenters. The zero-order valence-corrected chi connectivity index (χ0v) is 11.8. The number of aliphatic carboxylic acids is 1. The quantitative estimate of drug-likeness (QED) is 0.861. The van der Waals surface area contributed by atoms with Crippen LogP contribution in [-0.4, -0.2) is 48.7 Å². The van der Waals surface area contributed by atoms with Crippen LogP contribution in [0.4, 0.5) is 4.39 Å². The number of ether oxygens (including phenoxy) is 1. The van der Waals surface area contributed by atoms with Gasteiger partial charge in [-0.3, -0.25) is 9.59 Å². The number of rotatable bonds is 6. The summed E-state index contributed by atoms with van der Waals surface area (Å²) in [5, 5.41) is 8.78. The molecule has 0 unspecified atom stereocenters. The summed E-state index contributed by atoms with van der Waals surface area (Å²) in [6, 6.07) is 4.03. The fraction of sp³-hybridized carbons (Fsp3) is 0.333. The highest BCUT2D eigenvalue weighted by molar-refractivity contribution is 9.10. The van der Waals surface area contributed by atoms with Crippen LogP contribution in [0.5, 0.6) is 0 Å². The molecule has 0 fully saturated rings. The second-order valence-electron chi connectivity index (χ2n) is 3.71. The van der Waals surface area contributed by atoms with Crippen LogP contribution in [0.1, 0.15) is 10.4 Å². The molecule has 1 aromatic rings. The summed E-state index contributed by atoms with van der Waals surface area (Å²) in [5.41, 5.74) is 0.0809. The summed E-state index contributed by atoms with van der Waals surface area (Å²) in [7, 11) is 1.45. The van der Waals surface area contributed by atoms with E-state index in [1.54, 1.807) is 0 Å². The predicted octanol–water partition coefficient (Wildman–Crippen LogP) is 1.76. The molecule has 0 radical (unpaired) electrons. The number of methoxy groups -OCH3 is 1. The van der Waals surface area contributed by atoms with Crippen LogP contribution in [-0.2, 0) is 9.53 Å². The highest BCUT2D eigenvalue weighted by Gasteiger charge is 2.21. The lowest BCUT2D eigenvalue weighted by atomic mass is 10.2. The van der Waals surface area contributed by atoms with Gasteiger partial charge in [-0.05, 0) is 28.1 Å². The van der Waals surface area contributed by atoms with Crippen LogP contribution in [0, 0.1) is 5.82 Å². The number of carbonyl (C=O) groups is 2. The molecule has 5 nitrogen and oxygen atoms in total. The molecule has 19 heavy (non-hydrogen) atoms. The molecule has 0 bridgehead atoms. The molecule has 0 aliphatic rings. The monoisotopic (exact) mass is 333 g/mol. The van der Waals surface area contributed by atoms with Gasteiger partial charge < -0.3 is 14.7 Å². The Balaban J connectivity index is 2.97. The third kappa shape index (κ3) is 4.29. The van der Waals surface area contributed by atoms with Crippen molar-refractivity contribution < 1.29 is 23.8 Å². The molecule has 104 valence electrons. The van der Waals surface area contributed by atoms with Gasteiger partial charge in [-0.1, -0.05) is 6.07 Å². The first-order valence-corrected chi connectivity index (χ1v) is 6.20. The van der Waals surface area contributed by atoms with Gasteiger partial charge in [-0.15, -0.1) is 0 Å². The molecule has 0 saturated carbocycles. The van der Waals surface area contributed by atoms with Crippen LogP contribution < -0.4 is 0 Å². The Morgan fingerprint density at radius 1 is 1.47 bits per heavy atom. The minimum Gasteiger partial charge on any atom is -0.480 e. The van der Waals surface area contributed by atoms with Crippen LogP contribution in [0.3, 0.4) is 0 Å². The van der Waals surface area contributed by atoms with Gasteiger partial charge in [0.25, 0.3) is 5.91 Å². The number of carboxylic acid groups (broad SMARTS) is 1. The molecule has 1 aromatic carbocycles. The Morgan fingerprint density at radius 2 is 2.16 bits per heavy atom. The summed E-state index contributed by atoms with van der Waals surface area (Å²) < 4.78 is 18.2. The Hall–Kier alpha value is -1.47. The highest BCUT2D eigenvalue weighted by Crippen LogP contribution is 2.21. The van der Waals surface area contributed by atoms with E-state index in [1.165, 1.54) is 25.3 Å². The second kappa shape index (κ2) is 7.20. The summed E-state index contributed by atoms with van der Waals surface area (Å²) in [4.78, 5) is 24.0. The molecule has 0 saturated heterocycles. The smallest absolute Gasteiger partial charge is 0.323 e. The maximum absolute atomic E-state index is 13.4. The maximum atomic E-state index is 13.4.